The summed E-state index contributed by atoms with van der Waals surface area (Å²) in [6, 6.07) is 12.1. The highest BCUT2D eigenvalue weighted by Crippen LogP contribution is 2.46. The topological polar surface area (TPSA) is 221 Å². The molecule has 4 aromatic rings. The van der Waals surface area contributed by atoms with Gasteiger partial charge in [-0.15, -0.1) is 11.3 Å². The Morgan fingerprint density at radius 2 is 1.93 bits per heavy atom. The molecule has 18 heteroatoms. The molecule has 1 saturated carbocycles. The van der Waals surface area contributed by atoms with Crippen molar-refractivity contribution in [2.75, 3.05) is 30.9 Å². The van der Waals surface area contributed by atoms with Gasteiger partial charge in [-0.1, -0.05) is 24.3 Å². The number of hydrogen-bond donors (Lipinski definition) is 6. The van der Waals surface area contributed by atoms with Crippen molar-refractivity contribution in [2.45, 2.75) is 87.2 Å². The number of nitrogens with one attached hydrogen (secondary N) is 4. The number of amides is 3. The number of ether oxygens (including phenoxy) is 2. The quantitative estimate of drug-likeness (QED) is 0.126. The molecule has 308 valence electrons. The van der Waals surface area contributed by atoms with Crippen LogP contribution >= 0.6 is 11.3 Å². The first-order valence-corrected chi connectivity index (χ1v) is 21.5. The smallest absolute Gasteiger partial charge is 0.266 e. The van der Waals surface area contributed by atoms with E-state index in [0.29, 0.717) is 53.1 Å². The maximum atomic E-state index is 14.3. The molecule has 5 atom stereocenters. The largest absolute Gasteiger partial charge is 0.497 e. The van der Waals surface area contributed by atoms with E-state index in [-0.39, 0.29) is 48.3 Å². The second kappa shape index (κ2) is 17.0. The number of aliphatic hydroxyl groups excluding tert-OH is 2. The number of fused-ring (bicyclic) bond motifs is 3. The summed E-state index contributed by atoms with van der Waals surface area (Å²) in [6.07, 6.45) is 3.77. The summed E-state index contributed by atoms with van der Waals surface area (Å²) in [5.41, 5.74) is 0.165. The Kier molecular flexibility index (Phi) is 12.0. The maximum absolute atomic E-state index is 14.3. The van der Waals surface area contributed by atoms with Gasteiger partial charge in [0.15, 0.2) is 5.13 Å². The highest BCUT2D eigenvalue weighted by molar-refractivity contribution is 7.90. The van der Waals surface area contributed by atoms with Crippen LogP contribution in [-0.4, -0.2) is 101 Å². The molecular formula is C40H47N7O9S2. The van der Waals surface area contributed by atoms with Gasteiger partial charge in [0.05, 0.1) is 36.7 Å². The molecule has 1 aliphatic carbocycles. The lowest BCUT2D eigenvalue weighted by Gasteiger charge is -2.29. The van der Waals surface area contributed by atoms with Gasteiger partial charge in [0, 0.05) is 54.2 Å². The Morgan fingerprint density at radius 1 is 1.12 bits per heavy atom. The minimum absolute atomic E-state index is 0.0320. The average Bonchev–Trinajstić information content (AvgIpc) is 3.46. The normalized spacial score (nSPS) is 24.6. The summed E-state index contributed by atoms with van der Waals surface area (Å²) in [7, 11) is -2.95. The van der Waals surface area contributed by atoms with Crippen LogP contribution in [0.15, 0.2) is 71.0 Å². The van der Waals surface area contributed by atoms with Gasteiger partial charge in [0.2, 0.25) is 11.8 Å². The summed E-state index contributed by atoms with van der Waals surface area (Å²) in [6.45, 7) is 3.39. The number of sulfonamides is 1. The van der Waals surface area contributed by atoms with Crippen LogP contribution in [0.25, 0.3) is 22.3 Å². The Balaban J connectivity index is 1.16. The van der Waals surface area contributed by atoms with E-state index in [1.54, 1.807) is 37.5 Å². The van der Waals surface area contributed by atoms with Gasteiger partial charge in [-0.25, -0.2) is 23.1 Å². The number of nitrogens with zero attached hydrogens (tertiary/aromatic N) is 3. The monoisotopic (exact) mass is 833 g/mol. The third kappa shape index (κ3) is 8.80. The van der Waals surface area contributed by atoms with Gasteiger partial charge in [-0.05, 0) is 63.8 Å². The molecule has 2 aromatic heterocycles. The predicted octanol–water partition coefficient (Wildman–Crippen LogP) is 3.77. The molecule has 2 fully saturated rings. The molecule has 3 amide bonds. The standard InChI is InChI=1S/C40H47N7O9S2/c1-23(2)41-39-44-31(22-57-39)30-18-33(27-15-14-25(55-3)16-29(27)42-30)56-26-17-32(47(20-26)36(50)21-48)37(51)45-40-19-24(40)10-6-4-5-7-13-35(49)43-28-11-8-9-12-34(28)58(53,54)46-38(40)52/h6,8-12,14-16,18,22-24,26,32,36,48,50H,4-5,7,13,17,19-21H2,1-3H3,(H,41,44)(H,43,49)(H,45,51)(H,46,52)/b10-6+/t24-,26-,32+,36?,40-/m1/s1. The average molecular weight is 834 g/mol. The SMILES string of the molecule is COc1ccc2c(O[C@@H]3C[C@@H](C(=O)N[C@]45C[C@H]4/C=C/CCCCC(=O)Nc4ccccc4S(=O)(=O)NC5=O)N(C(O)CO)C3)cc(-c3csc(NC(C)C)n3)nc2c1. The van der Waals surface area contributed by atoms with Crippen LogP contribution in [0.4, 0.5) is 10.8 Å². The molecule has 16 nitrogen and oxygen atoms in total. The van der Waals surface area contributed by atoms with E-state index in [4.69, 9.17) is 19.4 Å². The van der Waals surface area contributed by atoms with Crippen LogP contribution in [0.2, 0.25) is 0 Å². The first-order valence-electron chi connectivity index (χ1n) is 19.2. The molecule has 4 heterocycles. The zero-order valence-corrected chi connectivity index (χ0v) is 33.9. The van der Waals surface area contributed by atoms with Crippen LogP contribution in [0.1, 0.15) is 52.4 Å². The highest BCUT2D eigenvalue weighted by Gasteiger charge is 2.61. The lowest BCUT2D eigenvalue weighted by Crippen LogP contribution is -2.57. The number of likely N-dealkylation sites (tertiary alicyclic amines) is 1. The molecule has 6 N–H and O–H groups in total. The molecule has 3 aliphatic rings. The van der Waals surface area contributed by atoms with Crippen LogP contribution in [0.5, 0.6) is 11.5 Å². The number of pyridine rings is 1. The van der Waals surface area contributed by atoms with Crippen molar-refractivity contribution in [1.29, 1.82) is 0 Å². The number of benzene rings is 2. The number of carbonyl (C=O) groups excluding carboxylic acids is 3. The van der Waals surface area contributed by atoms with E-state index >= 15 is 0 Å². The maximum Gasteiger partial charge on any atom is 0.266 e. The van der Waals surface area contributed by atoms with E-state index in [0.717, 1.165) is 5.13 Å². The summed E-state index contributed by atoms with van der Waals surface area (Å²) in [5.74, 6) is -1.42. The number of rotatable bonds is 10. The van der Waals surface area contributed by atoms with Crippen molar-refractivity contribution < 1.29 is 42.5 Å². The molecule has 0 radical (unpaired) electrons. The van der Waals surface area contributed by atoms with Crippen molar-refractivity contribution in [3.8, 4) is 22.9 Å². The highest BCUT2D eigenvalue weighted by atomic mass is 32.2. The number of carbonyl (C=O) groups is 3. The van der Waals surface area contributed by atoms with Crippen LogP contribution < -0.4 is 30.1 Å². The molecule has 7 rings (SSSR count). The summed E-state index contributed by atoms with van der Waals surface area (Å²) in [4.78, 5) is 51.6. The third-order valence-electron chi connectivity index (χ3n) is 10.4. The number of anilines is 2. The summed E-state index contributed by atoms with van der Waals surface area (Å²) >= 11 is 1.45. The lowest BCUT2D eigenvalue weighted by molar-refractivity contribution is -0.135. The van der Waals surface area contributed by atoms with Gasteiger partial charge in [0.1, 0.15) is 40.0 Å². The van der Waals surface area contributed by atoms with Crippen LogP contribution in [0, 0.1) is 5.92 Å². The fraction of sp³-hybridized carbons (Fsp3) is 0.425. The first kappa shape index (κ1) is 41.0. The molecule has 2 aromatic carbocycles. The molecule has 0 bridgehead atoms. The van der Waals surface area contributed by atoms with Crippen molar-refractivity contribution >= 4 is 60.8 Å². The number of allylic oxidation sites excluding steroid dienone is 1. The molecular weight excluding hydrogens is 787 g/mol. The minimum atomic E-state index is -4.51. The second-order valence-electron chi connectivity index (χ2n) is 15.0. The number of para-hydroxylation sites is 1. The van der Waals surface area contributed by atoms with Crippen LogP contribution in [0.3, 0.4) is 0 Å². The first-order chi connectivity index (χ1) is 27.8. The van der Waals surface area contributed by atoms with Crippen molar-refractivity contribution in [3.63, 3.8) is 0 Å². The Bertz CT molecular complexity index is 2340. The van der Waals surface area contributed by atoms with Gasteiger partial charge < -0.3 is 35.6 Å². The minimum Gasteiger partial charge on any atom is -0.497 e. The third-order valence-corrected chi connectivity index (χ3v) is 12.6. The fourth-order valence-electron chi connectivity index (χ4n) is 7.39. The number of aliphatic hydroxyl groups is 2. The summed E-state index contributed by atoms with van der Waals surface area (Å²) < 4.78 is 41.5. The fourth-order valence-corrected chi connectivity index (χ4v) is 9.45. The van der Waals surface area contributed by atoms with Crippen LogP contribution in [-0.2, 0) is 24.4 Å². The van der Waals surface area contributed by atoms with E-state index in [1.165, 1.54) is 34.4 Å². The van der Waals surface area contributed by atoms with Crippen molar-refractivity contribution in [1.82, 2.24) is 24.9 Å². The van der Waals surface area contributed by atoms with E-state index in [1.807, 2.05) is 31.4 Å². The second-order valence-corrected chi connectivity index (χ2v) is 17.5. The zero-order valence-electron chi connectivity index (χ0n) is 32.3. The molecule has 2 aliphatic heterocycles. The predicted molar refractivity (Wildman–Crippen MR) is 218 cm³/mol. The van der Waals surface area contributed by atoms with E-state index in [9.17, 15) is 33.0 Å². The van der Waals surface area contributed by atoms with E-state index < -0.39 is 58.3 Å². The number of methoxy groups -OCH3 is 1. The number of hydrogen-bond acceptors (Lipinski definition) is 14. The molecule has 58 heavy (non-hydrogen) atoms. The summed E-state index contributed by atoms with van der Waals surface area (Å²) in [5, 5.41) is 33.1. The van der Waals surface area contributed by atoms with Gasteiger partial charge in [-0.3, -0.25) is 19.3 Å². The molecule has 1 saturated heterocycles. The zero-order chi connectivity index (χ0) is 41.2. The molecule has 0 spiro atoms. The van der Waals surface area contributed by atoms with Gasteiger partial charge in [-0.2, -0.15) is 0 Å². The Morgan fingerprint density at radius 3 is 2.71 bits per heavy atom. The van der Waals surface area contributed by atoms with Gasteiger partial charge >= 0.3 is 0 Å². The van der Waals surface area contributed by atoms with Crippen molar-refractivity contribution in [3.05, 3.63) is 66.1 Å². The number of thiazole rings is 1. The van der Waals surface area contributed by atoms with E-state index in [2.05, 4.69) is 20.7 Å². The lowest BCUT2D eigenvalue weighted by atomic mass is 10.1. The molecule has 1 unspecified atom stereocenters. The Labute approximate surface area is 340 Å². The number of aromatic nitrogens is 2. The van der Waals surface area contributed by atoms with Gasteiger partial charge in [0.25, 0.3) is 15.9 Å². The Hall–Kier alpha value is -5.14. The van der Waals surface area contributed by atoms with Crippen molar-refractivity contribution in [2.24, 2.45) is 5.92 Å².